The number of ketones is 1. The zero-order chi connectivity index (χ0) is 32.4. The average Bonchev–Trinajstić information content (AvgIpc) is 2.93. The number of allylic oxidation sites excluding steroid dienone is 4. The van der Waals surface area contributed by atoms with Crippen molar-refractivity contribution in [2.24, 2.45) is 5.41 Å². The molecule has 1 aliphatic rings. The van der Waals surface area contributed by atoms with Gasteiger partial charge in [0.1, 0.15) is 12.6 Å². The topological polar surface area (TPSA) is 113 Å². The fraction of sp³-hybridized carbons (Fsp3) is 0.500. The van der Waals surface area contributed by atoms with Crippen LogP contribution in [0.15, 0.2) is 60.2 Å². The van der Waals surface area contributed by atoms with Crippen molar-refractivity contribution in [1.29, 1.82) is 0 Å². The predicted octanol–water partition coefficient (Wildman–Crippen LogP) is 4.61. The number of piperidine rings is 1. The van der Waals surface area contributed by atoms with Crippen molar-refractivity contribution in [3.8, 4) is 0 Å². The Morgan fingerprint density at radius 1 is 1.09 bits per heavy atom. The molecule has 0 bridgehead atoms. The van der Waals surface area contributed by atoms with Crippen molar-refractivity contribution < 1.29 is 28.8 Å². The quantitative estimate of drug-likeness (QED) is 0.280. The summed E-state index contributed by atoms with van der Waals surface area (Å²) in [6.45, 7) is 13.0. The van der Waals surface area contributed by atoms with Crippen LogP contribution in [0.3, 0.4) is 0 Å². The van der Waals surface area contributed by atoms with Crippen molar-refractivity contribution >= 4 is 29.5 Å². The summed E-state index contributed by atoms with van der Waals surface area (Å²) < 4.78 is 0. The third-order valence-electron chi connectivity index (χ3n) is 7.30. The van der Waals surface area contributed by atoms with E-state index in [-0.39, 0.29) is 55.5 Å². The van der Waals surface area contributed by atoms with Crippen LogP contribution in [0.4, 0.5) is 0 Å². The van der Waals surface area contributed by atoms with Crippen molar-refractivity contribution in [3.05, 3.63) is 71.3 Å². The van der Waals surface area contributed by atoms with Gasteiger partial charge in [0, 0.05) is 38.4 Å². The van der Waals surface area contributed by atoms with E-state index in [9.17, 15) is 24.0 Å². The Hall–Kier alpha value is -4.01. The lowest BCUT2D eigenvalue weighted by molar-refractivity contribution is -0.198. The monoisotopic (exact) mass is 593 g/mol. The van der Waals surface area contributed by atoms with Gasteiger partial charge in [-0.3, -0.25) is 19.2 Å². The van der Waals surface area contributed by atoms with Crippen LogP contribution < -0.4 is 5.32 Å². The number of carbonyl (C=O) groups is 5. The van der Waals surface area contributed by atoms with E-state index in [4.69, 9.17) is 4.84 Å². The van der Waals surface area contributed by atoms with E-state index in [2.05, 4.69) is 23.5 Å². The Balaban J connectivity index is 2.05. The largest absolute Gasteiger partial charge is 0.358 e. The van der Waals surface area contributed by atoms with Gasteiger partial charge in [-0.15, -0.1) is 0 Å². The Morgan fingerprint density at radius 3 is 2.44 bits per heavy atom. The van der Waals surface area contributed by atoms with E-state index >= 15 is 0 Å². The maximum atomic E-state index is 13.5. The standard InChI is InChI=1S/C34H47N3O6/c1-9-10-11-12-14-25-15-13-16-26(21-25)34(6,7)22-28(39)35-30(33(3,4)5)31(41)36(8)20-19-24(2)32(42)43-37-23-27(38)17-18-29(37)40/h9-13,15-16,19,21,30H,14,17-18,20,22-23H2,1-8H3,(H,35,39)/b10-9-,12-11-,24-19+. The molecule has 1 unspecified atom stereocenters. The van der Waals surface area contributed by atoms with Gasteiger partial charge in [-0.1, -0.05) is 89.3 Å². The highest BCUT2D eigenvalue weighted by Crippen LogP contribution is 2.29. The number of hydrogen-bond donors (Lipinski definition) is 1. The maximum absolute atomic E-state index is 13.5. The van der Waals surface area contributed by atoms with Crippen LogP contribution in [0, 0.1) is 5.41 Å². The molecule has 1 heterocycles. The molecule has 1 N–H and O–H groups in total. The molecule has 1 aliphatic heterocycles. The first-order valence-electron chi connectivity index (χ1n) is 14.7. The second-order valence-electron chi connectivity index (χ2n) is 12.7. The molecule has 234 valence electrons. The van der Waals surface area contributed by atoms with Crippen LogP contribution >= 0.6 is 0 Å². The molecule has 0 aliphatic carbocycles. The molecule has 0 aromatic heterocycles. The first kappa shape index (κ1) is 35.2. The second-order valence-corrected chi connectivity index (χ2v) is 12.7. The smallest absolute Gasteiger partial charge is 0.344 e. The molecule has 1 saturated heterocycles. The minimum absolute atomic E-state index is 0.00429. The molecular formula is C34H47N3O6. The Kier molecular flexibility index (Phi) is 12.6. The molecule has 3 amide bonds. The van der Waals surface area contributed by atoms with Crippen molar-refractivity contribution in [2.45, 2.75) is 85.6 Å². The number of benzene rings is 1. The van der Waals surface area contributed by atoms with E-state index in [1.165, 1.54) is 17.9 Å². The second kappa shape index (κ2) is 15.5. The Labute approximate surface area is 256 Å². The number of likely N-dealkylation sites (N-methyl/N-ethyl adjacent to an activating group) is 1. The van der Waals surface area contributed by atoms with E-state index in [0.717, 1.165) is 22.6 Å². The van der Waals surface area contributed by atoms with Gasteiger partial charge in [-0.25, -0.2) is 4.79 Å². The van der Waals surface area contributed by atoms with E-state index < -0.39 is 28.7 Å². The third kappa shape index (κ3) is 11.0. The minimum atomic E-state index is -0.804. The molecule has 9 heteroatoms. The summed E-state index contributed by atoms with van der Waals surface area (Å²) in [6.07, 6.45) is 10.7. The number of nitrogens with zero attached hydrogens (tertiary/aromatic N) is 2. The summed E-state index contributed by atoms with van der Waals surface area (Å²) in [5.74, 6) is -1.92. The van der Waals surface area contributed by atoms with Gasteiger partial charge in [-0.05, 0) is 42.2 Å². The van der Waals surface area contributed by atoms with Crippen molar-refractivity contribution in [2.75, 3.05) is 20.1 Å². The average molecular weight is 594 g/mol. The summed E-state index contributed by atoms with van der Waals surface area (Å²) in [7, 11) is 1.59. The van der Waals surface area contributed by atoms with Crippen LogP contribution in [0.1, 0.15) is 78.9 Å². The molecule has 1 fully saturated rings. The molecule has 1 atom stereocenters. The lowest BCUT2D eigenvalue weighted by atomic mass is 9.80. The van der Waals surface area contributed by atoms with E-state index in [1.807, 2.05) is 71.9 Å². The highest BCUT2D eigenvalue weighted by atomic mass is 16.7. The highest BCUT2D eigenvalue weighted by molar-refractivity contribution is 5.94. The Bertz CT molecular complexity index is 1290. The SMILES string of the molecule is C/C=C\C=C/Cc1cccc(C(C)(C)CC(=O)NC(C(=O)N(C)C/C=C(\C)C(=O)ON2CC(=O)CCC2=O)C(C)(C)C)c1. The van der Waals surface area contributed by atoms with Crippen molar-refractivity contribution in [1.82, 2.24) is 15.3 Å². The van der Waals surface area contributed by atoms with Crippen LogP contribution in [-0.2, 0) is 40.6 Å². The fourth-order valence-corrected chi connectivity index (χ4v) is 4.50. The minimum Gasteiger partial charge on any atom is -0.344 e. The maximum Gasteiger partial charge on any atom is 0.358 e. The number of carbonyl (C=O) groups excluding carboxylic acids is 5. The number of hydroxylamine groups is 2. The summed E-state index contributed by atoms with van der Waals surface area (Å²) in [5.41, 5.74) is 1.33. The summed E-state index contributed by atoms with van der Waals surface area (Å²) >= 11 is 0. The summed E-state index contributed by atoms with van der Waals surface area (Å²) in [6, 6.07) is 7.40. The molecule has 0 spiro atoms. The molecule has 1 aromatic carbocycles. The molecule has 0 radical (unpaired) electrons. The highest BCUT2D eigenvalue weighted by Gasteiger charge is 2.36. The van der Waals surface area contributed by atoms with Crippen LogP contribution in [-0.4, -0.2) is 65.6 Å². The number of amides is 3. The van der Waals surface area contributed by atoms with Crippen LogP contribution in [0.5, 0.6) is 0 Å². The van der Waals surface area contributed by atoms with E-state index in [1.54, 1.807) is 7.05 Å². The Morgan fingerprint density at radius 2 is 1.79 bits per heavy atom. The first-order valence-corrected chi connectivity index (χ1v) is 14.7. The lowest BCUT2D eigenvalue weighted by Gasteiger charge is -2.34. The van der Waals surface area contributed by atoms with Gasteiger partial charge < -0.3 is 15.1 Å². The number of nitrogens with one attached hydrogen (secondary N) is 1. The molecular weight excluding hydrogens is 546 g/mol. The number of hydrogen-bond acceptors (Lipinski definition) is 6. The fourth-order valence-electron chi connectivity index (χ4n) is 4.50. The number of rotatable bonds is 12. The molecule has 1 aromatic rings. The summed E-state index contributed by atoms with van der Waals surface area (Å²) in [5, 5.41) is 3.75. The van der Waals surface area contributed by atoms with Gasteiger partial charge in [0.15, 0.2) is 5.78 Å². The van der Waals surface area contributed by atoms with Gasteiger partial charge >= 0.3 is 5.97 Å². The van der Waals surface area contributed by atoms with E-state index in [0.29, 0.717) is 0 Å². The first-order chi connectivity index (χ1) is 20.0. The van der Waals surface area contributed by atoms with Gasteiger partial charge in [-0.2, -0.15) is 5.06 Å². The zero-order valence-corrected chi connectivity index (χ0v) is 26.9. The zero-order valence-electron chi connectivity index (χ0n) is 26.9. The summed E-state index contributed by atoms with van der Waals surface area (Å²) in [4.78, 5) is 69.4. The molecule has 9 nitrogen and oxygen atoms in total. The van der Waals surface area contributed by atoms with Gasteiger partial charge in [0.25, 0.3) is 5.91 Å². The normalized spacial score (nSPS) is 15.6. The van der Waals surface area contributed by atoms with Gasteiger partial charge in [0.2, 0.25) is 11.8 Å². The number of Topliss-reactive ketones (excluding diaryl/α,β-unsaturated/α-hetero) is 1. The lowest BCUT2D eigenvalue weighted by Crippen LogP contribution is -2.54. The van der Waals surface area contributed by atoms with Gasteiger partial charge in [0.05, 0.1) is 0 Å². The van der Waals surface area contributed by atoms with Crippen molar-refractivity contribution in [3.63, 3.8) is 0 Å². The van der Waals surface area contributed by atoms with Crippen LogP contribution in [0.25, 0.3) is 0 Å². The van der Waals surface area contributed by atoms with Crippen LogP contribution in [0.2, 0.25) is 0 Å². The predicted molar refractivity (Wildman–Crippen MR) is 167 cm³/mol. The molecule has 43 heavy (non-hydrogen) atoms. The molecule has 2 rings (SSSR count). The molecule has 0 saturated carbocycles. The third-order valence-corrected chi connectivity index (χ3v) is 7.30.